The Hall–Kier alpha value is -9.00. The smallest absolute Gasteiger partial charge is 0.127 e. The number of hydrogen-bond acceptors (Lipinski definition) is 2. The highest BCUT2D eigenvalue weighted by atomic mass is 16.3. The SMILES string of the molecule is Oc1cc(-n2c3ccccc3c3ccccc32)cc(-n2c3ccccc3c3ccccc32)c1-c1c(O)cc(-n2c3ccccc3c3ccccc32)cc1-n1c2ccccc2c2ccccc21. The van der Waals surface area contributed by atoms with Crippen LogP contribution < -0.4 is 0 Å². The van der Waals surface area contributed by atoms with Gasteiger partial charge >= 0.3 is 0 Å². The standard InChI is InChI=1S/C60H38N4O2/c65-57-35-37(61-47-25-9-1-17-39(47)40-18-2-10-26-48(40)61)33-55(63-51-29-13-5-21-43(51)44-22-6-14-30-52(44)63)59(57)60-56(64-53-31-15-7-23-45(53)46-24-8-16-32-54(46)64)34-38(36-58(60)66)62-49-27-11-3-19-41(49)42-20-4-12-28-50(42)62/h1-36,65-66H. The van der Waals surface area contributed by atoms with Crippen LogP contribution in [0.1, 0.15) is 0 Å². The number of aromatic nitrogens is 4. The predicted octanol–water partition coefficient (Wildman–Crippen LogP) is 15.2. The molecule has 0 aliphatic heterocycles. The Balaban J connectivity index is 1.17. The van der Waals surface area contributed by atoms with E-state index in [-0.39, 0.29) is 11.5 Å². The highest BCUT2D eigenvalue weighted by Crippen LogP contribution is 2.50. The first-order valence-corrected chi connectivity index (χ1v) is 22.3. The maximum atomic E-state index is 13.2. The summed E-state index contributed by atoms with van der Waals surface area (Å²) in [6, 6.07) is 75.6. The first-order chi connectivity index (χ1) is 32.6. The summed E-state index contributed by atoms with van der Waals surface area (Å²) in [5.41, 5.74) is 12.1. The van der Waals surface area contributed by atoms with Crippen LogP contribution in [0.3, 0.4) is 0 Å². The number of rotatable bonds is 5. The minimum absolute atomic E-state index is 0.0353. The van der Waals surface area contributed by atoms with Crippen molar-refractivity contribution in [2.24, 2.45) is 0 Å². The zero-order valence-electron chi connectivity index (χ0n) is 35.5. The van der Waals surface area contributed by atoms with E-state index in [1.165, 1.54) is 0 Å². The van der Waals surface area contributed by atoms with Crippen LogP contribution in [-0.4, -0.2) is 28.5 Å². The Labute approximate surface area is 377 Å². The second-order valence-electron chi connectivity index (χ2n) is 17.2. The van der Waals surface area contributed by atoms with Gasteiger partial charge in [-0.2, -0.15) is 0 Å². The summed E-state index contributed by atoms with van der Waals surface area (Å²) in [6.45, 7) is 0. The number of para-hydroxylation sites is 8. The van der Waals surface area contributed by atoms with Gasteiger partial charge < -0.3 is 28.5 Å². The lowest BCUT2D eigenvalue weighted by atomic mass is 9.96. The van der Waals surface area contributed by atoms with Gasteiger partial charge in [-0.1, -0.05) is 146 Å². The van der Waals surface area contributed by atoms with Crippen LogP contribution in [0, 0.1) is 0 Å². The number of benzene rings is 10. The molecular formula is C60H38N4O2. The van der Waals surface area contributed by atoms with Crippen molar-refractivity contribution in [1.82, 2.24) is 18.3 Å². The van der Waals surface area contributed by atoms with Crippen LogP contribution in [0.4, 0.5) is 0 Å². The average Bonchev–Trinajstić information content (AvgIpc) is 4.09. The molecule has 6 heteroatoms. The number of phenolic OH excluding ortho intramolecular Hbond substituents is 2. The summed E-state index contributed by atoms with van der Waals surface area (Å²) in [7, 11) is 0. The molecular weight excluding hydrogens is 809 g/mol. The molecule has 0 saturated heterocycles. The van der Waals surface area contributed by atoms with Gasteiger partial charge in [-0.3, -0.25) is 0 Å². The predicted molar refractivity (Wildman–Crippen MR) is 273 cm³/mol. The van der Waals surface area contributed by atoms with E-state index in [0.717, 1.165) is 110 Å². The van der Waals surface area contributed by atoms with Crippen LogP contribution in [-0.2, 0) is 0 Å². The maximum absolute atomic E-state index is 13.2. The van der Waals surface area contributed by atoms with E-state index < -0.39 is 0 Å². The molecule has 2 N–H and O–H groups in total. The molecule has 14 aromatic rings. The van der Waals surface area contributed by atoms with Gasteiger partial charge in [-0.15, -0.1) is 0 Å². The Kier molecular flexibility index (Phi) is 7.60. The average molecular weight is 847 g/mol. The molecule has 4 heterocycles. The molecule has 6 nitrogen and oxygen atoms in total. The van der Waals surface area contributed by atoms with E-state index in [1.807, 2.05) is 12.1 Å². The monoisotopic (exact) mass is 846 g/mol. The normalized spacial score (nSPS) is 12.1. The molecule has 0 aliphatic rings. The van der Waals surface area contributed by atoms with Gasteiger partial charge in [-0.25, -0.2) is 0 Å². The van der Waals surface area contributed by atoms with Crippen molar-refractivity contribution < 1.29 is 10.2 Å². The largest absolute Gasteiger partial charge is 0.507 e. The molecule has 0 amide bonds. The van der Waals surface area contributed by atoms with Crippen molar-refractivity contribution in [2.45, 2.75) is 0 Å². The third kappa shape index (κ3) is 5.01. The molecule has 310 valence electrons. The van der Waals surface area contributed by atoms with E-state index in [9.17, 15) is 10.2 Å². The van der Waals surface area contributed by atoms with Gasteiger partial charge in [0.1, 0.15) is 11.5 Å². The van der Waals surface area contributed by atoms with Gasteiger partial charge in [-0.05, 0) is 60.7 Å². The van der Waals surface area contributed by atoms with E-state index in [4.69, 9.17) is 0 Å². The number of phenols is 2. The topological polar surface area (TPSA) is 60.2 Å². The van der Waals surface area contributed by atoms with Gasteiger partial charge in [0.25, 0.3) is 0 Å². The first-order valence-electron chi connectivity index (χ1n) is 22.3. The van der Waals surface area contributed by atoms with Gasteiger partial charge in [0.15, 0.2) is 0 Å². The molecule has 10 aromatic carbocycles. The van der Waals surface area contributed by atoms with Crippen LogP contribution in [0.15, 0.2) is 218 Å². The summed E-state index contributed by atoms with van der Waals surface area (Å²) in [5.74, 6) is 0.0707. The second-order valence-corrected chi connectivity index (χ2v) is 17.2. The summed E-state index contributed by atoms with van der Waals surface area (Å²) in [6.07, 6.45) is 0. The number of hydrogen-bond donors (Lipinski definition) is 2. The molecule has 0 radical (unpaired) electrons. The fourth-order valence-corrected chi connectivity index (χ4v) is 11.1. The summed E-state index contributed by atoms with van der Waals surface area (Å²) < 4.78 is 9.00. The molecule has 0 saturated carbocycles. The lowest BCUT2D eigenvalue weighted by Gasteiger charge is -2.23. The second kappa shape index (κ2) is 13.7. The molecule has 0 bridgehead atoms. The van der Waals surface area contributed by atoms with Crippen molar-refractivity contribution in [1.29, 1.82) is 0 Å². The highest BCUT2D eigenvalue weighted by molar-refractivity contribution is 6.14. The molecule has 0 spiro atoms. The van der Waals surface area contributed by atoms with E-state index >= 15 is 0 Å². The summed E-state index contributed by atoms with van der Waals surface area (Å²) in [4.78, 5) is 0. The van der Waals surface area contributed by atoms with Crippen molar-refractivity contribution in [3.05, 3.63) is 218 Å². The van der Waals surface area contributed by atoms with Gasteiger partial charge in [0.05, 0.1) is 78.0 Å². The van der Waals surface area contributed by atoms with E-state index in [1.54, 1.807) is 0 Å². The molecule has 0 fully saturated rings. The molecule has 0 aliphatic carbocycles. The first kappa shape index (κ1) is 36.5. The lowest BCUT2D eigenvalue weighted by molar-refractivity contribution is 0.468. The van der Waals surface area contributed by atoms with Crippen LogP contribution in [0.25, 0.3) is 121 Å². The number of aromatic hydroxyl groups is 2. The van der Waals surface area contributed by atoms with Crippen LogP contribution >= 0.6 is 0 Å². The minimum atomic E-state index is 0.0353. The lowest BCUT2D eigenvalue weighted by Crippen LogP contribution is -2.06. The van der Waals surface area contributed by atoms with Gasteiger partial charge in [0.2, 0.25) is 0 Å². The van der Waals surface area contributed by atoms with Gasteiger partial charge in [0, 0.05) is 55.2 Å². The number of nitrogens with zero attached hydrogens (tertiary/aromatic N) is 4. The maximum Gasteiger partial charge on any atom is 0.127 e. The van der Waals surface area contributed by atoms with Crippen molar-refractivity contribution >= 4 is 87.2 Å². The van der Waals surface area contributed by atoms with E-state index in [2.05, 4.69) is 225 Å². The zero-order valence-corrected chi connectivity index (χ0v) is 35.5. The van der Waals surface area contributed by atoms with Crippen molar-refractivity contribution in [3.63, 3.8) is 0 Å². The highest BCUT2D eigenvalue weighted by Gasteiger charge is 2.28. The zero-order chi connectivity index (χ0) is 43.6. The quantitative estimate of drug-likeness (QED) is 0.181. The summed E-state index contributed by atoms with van der Waals surface area (Å²) >= 11 is 0. The Morgan fingerprint density at radius 1 is 0.227 bits per heavy atom. The van der Waals surface area contributed by atoms with E-state index in [0.29, 0.717) is 11.1 Å². The van der Waals surface area contributed by atoms with Crippen LogP contribution in [0.5, 0.6) is 11.5 Å². The Bertz CT molecular complexity index is 3840. The van der Waals surface area contributed by atoms with Crippen molar-refractivity contribution in [2.75, 3.05) is 0 Å². The van der Waals surface area contributed by atoms with Crippen molar-refractivity contribution in [3.8, 4) is 45.4 Å². The Morgan fingerprint density at radius 2 is 0.424 bits per heavy atom. The fourth-order valence-electron chi connectivity index (χ4n) is 11.1. The van der Waals surface area contributed by atoms with Crippen LogP contribution in [0.2, 0.25) is 0 Å². The fraction of sp³-hybridized carbons (Fsp3) is 0. The molecule has 4 aromatic heterocycles. The molecule has 0 unspecified atom stereocenters. The minimum Gasteiger partial charge on any atom is -0.507 e. The molecule has 0 atom stereocenters. The Morgan fingerprint density at radius 3 is 0.652 bits per heavy atom. The third-order valence-corrected chi connectivity index (χ3v) is 13.7. The number of fused-ring (bicyclic) bond motifs is 12. The molecule has 66 heavy (non-hydrogen) atoms. The third-order valence-electron chi connectivity index (χ3n) is 13.7. The molecule has 14 rings (SSSR count). The summed E-state index contributed by atoms with van der Waals surface area (Å²) in [5, 5.41) is 35.2.